The molecule has 0 heterocycles. The average Bonchev–Trinajstić information content (AvgIpc) is 2.66. The zero-order valence-electron chi connectivity index (χ0n) is 15.4. The average molecular weight is 352 g/mol. The van der Waals surface area contributed by atoms with Crippen LogP contribution >= 0.6 is 0 Å². The van der Waals surface area contributed by atoms with Crippen LogP contribution in [0.3, 0.4) is 0 Å². The van der Waals surface area contributed by atoms with Crippen molar-refractivity contribution >= 4 is 22.5 Å². The summed E-state index contributed by atoms with van der Waals surface area (Å²) in [5.74, 6) is -0.622. The van der Waals surface area contributed by atoms with Gasteiger partial charge in [-0.05, 0) is 30.0 Å². The first-order chi connectivity index (χ1) is 12.7. The molecular formula is C23H28O3. The predicted octanol–water partition coefficient (Wildman–Crippen LogP) is 5.87. The lowest BCUT2D eigenvalue weighted by Gasteiger charge is -2.07. The van der Waals surface area contributed by atoms with Gasteiger partial charge in [0.2, 0.25) is 0 Å². The van der Waals surface area contributed by atoms with Gasteiger partial charge in [-0.1, -0.05) is 74.2 Å². The number of hydrogen-bond donors (Lipinski definition) is 0. The van der Waals surface area contributed by atoms with E-state index in [-0.39, 0.29) is 12.2 Å². The number of fused-ring (bicyclic) bond motifs is 1. The van der Waals surface area contributed by atoms with Crippen LogP contribution in [0.25, 0.3) is 10.8 Å². The third kappa shape index (κ3) is 6.47. The number of ketones is 1. The molecule has 0 aromatic heterocycles. The fourth-order valence-electron chi connectivity index (χ4n) is 3.03. The molecule has 3 nitrogen and oxygen atoms in total. The van der Waals surface area contributed by atoms with E-state index in [1.165, 1.54) is 19.3 Å². The van der Waals surface area contributed by atoms with Crippen LogP contribution in [0.15, 0.2) is 55.1 Å². The summed E-state index contributed by atoms with van der Waals surface area (Å²) in [6.45, 7) is 4.11. The topological polar surface area (TPSA) is 43.4 Å². The highest BCUT2D eigenvalue weighted by Crippen LogP contribution is 2.20. The van der Waals surface area contributed by atoms with E-state index >= 15 is 0 Å². The van der Waals surface area contributed by atoms with Crippen molar-refractivity contribution in [2.45, 2.75) is 51.4 Å². The lowest BCUT2D eigenvalue weighted by molar-refractivity contribution is -0.142. The van der Waals surface area contributed by atoms with E-state index in [1.807, 2.05) is 42.5 Å². The summed E-state index contributed by atoms with van der Waals surface area (Å²) in [6.07, 6.45) is 9.55. The molecule has 0 aliphatic rings. The minimum Gasteiger partial charge on any atom is -0.465 e. The Morgan fingerprint density at radius 1 is 0.885 bits per heavy atom. The third-order valence-electron chi connectivity index (χ3n) is 4.46. The normalized spacial score (nSPS) is 10.6. The molecule has 0 aliphatic heterocycles. The van der Waals surface area contributed by atoms with Crippen molar-refractivity contribution in [1.29, 1.82) is 0 Å². The molecule has 0 fully saturated rings. The Morgan fingerprint density at radius 3 is 2.38 bits per heavy atom. The van der Waals surface area contributed by atoms with Crippen LogP contribution in [0.2, 0.25) is 0 Å². The van der Waals surface area contributed by atoms with Gasteiger partial charge in [-0.25, -0.2) is 0 Å². The highest BCUT2D eigenvalue weighted by atomic mass is 16.5. The summed E-state index contributed by atoms with van der Waals surface area (Å²) in [7, 11) is 0. The lowest BCUT2D eigenvalue weighted by Crippen LogP contribution is -2.12. The van der Waals surface area contributed by atoms with Gasteiger partial charge in [0.05, 0.1) is 6.61 Å². The van der Waals surface area contributed by atoms with Crippen molar-refractivity contribution < 1.29 is 14.3 Å². The molecule has 0 spiro atoms. The van der Waals surface area contributed by atoms with E-state index in [4.69, 9.17) is 4.74 Å². The molecule has 2 aromatic rings. The van der Waals surface area contributed by atoms with E-state index in [0.29, 0.717) is 12.2 Å². The fourth-order valence-corrected chi connectivity index (χ4v) is 3.03. The van der Waals surface area contributed by atoms with E-state index in [2.05, 4.69) is 6.58 Å². The van der Waals surface area contributed by atoms with Crippen molar-refractivity contribution in [1.82, 2.24) is 0 Å². The van der Waals surface area contributed by atoms with Crippen LogP contribution in [0.1, 0.15) is 61.7 Å². The standard InChI is InChI=1S/C23H28O3/c1-2-3-4-5-6-7-8-11-17-26-23(25)18-22(24)21-16-12-14-19-13-9-10-15-20(19)21/h2,9-10,12-16H,1,3-8,11,17-18H2. The Kier molecular flexibility index (Phi) is 8.61. The van der Waals surface area contributed by atoms with Gasteiger partial charge < -0.3 is 4.74 Å². The first-order valence-electron chi connectivity index (χ1n) is 9.50. The smallest absolute Gasteiger partial charge is 0.313 e. The van der Waals surface area contributed by atoms with Crippen LogP contribution in [0.4, 0.5) is 0 Å². The molecule has 0 radical (unpaired) electrons. The number of carbonyl (C=O) groups excluding carboxylic acids is 2. The first kappa shape index (κ1) is 19.9. The number of carbonyl (C=O) groups is 2. The summed E-state index contributed by atoms with van der Waals surface area (Å²) in [6, 6.07) is 13.3. The number of esters is 1. The maximum atomic E-state index is 12.4. The second kappa shape index (κ2) is 11.2. The second-order valence-corrected chi connectivity index (χ2v) is 6.55. The van der Waals surface area contributed by atoms with Crippen LogP contribution in [-0.2, 0) is 9.53 Å². The monoisotopic (exact) mass is 352 g/mol. The molecule has 0 saturated carbocycles. The van der Waals surface area contributed by atoms with Crippen molar-refractivity contribution in [2.75, 3.05) is 6.61 Å². The molecule has 0 amide bonds. The van der Waals surface area contributed by atoms with Gasteiger partial charge >= 0.3 is 5.97 Å². The zero-order valence-corrected chi connectivity index (χ0v) is 15.4. The molecule has 3 heteroatoms. The quantitative estimate of drug-likeness (QED) is 0.158. The highest BCUT2D eigenvalue weighted by molar-refractivity contribution is 6.13. The van der Waals surface area contributed by atoms with E-state index in [9.17, 15) is 9.59 Å². The van der Waals surface area contributed by atoms with Crippen LogP contribution in [-0.4, -0.2) is 18.4 Å². The Balaban J connectivity index is 1.68. The highest BCUT2D eigenvalue weighted by Gasteiger charge is 2.15. The van der Waals surface area contributed by atoms with Crippen molar-refractivity contribution in [2.24, 2.45) is 0 Å². The largest absolute Gasteiger partial charge is 0.465 e. The molecule has 0 atom stereocenters. The van der Waals surface area contributed by atoms with Crippen LogP contribution < -0.4 is 0 Å². The molecule has 2 aromatic carbocycles. The van der Waals surface area contributed by atoms with Gasteiger partial charge in [-0.3, -0.25) is 9.59 Å². The SMILES string of the molecule is C=CCCCCCCCCOC(=O)CC(=O)c1cccc2ccccc12. The third-order valence-corrected chi connectivity index (χ3v) is 4.46. The maximum Gasteiger partial charge on any atom is 0.313 e. The molecule has 0 bridgehead atoms. The van der Waals surface area contributed by atoms with Gasteiger partial charge in [0, 0.05) is 5.56 Å². The number of Topliss-reactive ketones (excluding diaryl/α,β-unsaturated/α-hetero) is 1. The molecule has 0 unspecified atom stereocenters. The number of ether oxygens (including phenoxy) is 1. The summed E-state index contributed by atoms with van der Waals surface area (Å²) in [5, 5.41) is 1.88. The minimum absolute atomic E-state index is 0.186. The Bertz CT molecular complexity index is 728. The number of benzene rings is 2. The number of hydrogen-bond acceptors (Lipinski definition) is 3. The van der Waals surface area contributed by atoms with Crippen molar-refractivity contribution in [3.63, 3.8) is 0 Å². The first-order valence-corrected chi connectivity index (χ1v) is 9.50. The van der Waals surface area contributed by atoms with E-state index < -0.39 is 5.97 Å². The number of unbranched alkanes of at least 4 members (excludes halogenated alkanes) is 6. The molecule has 0 aliphatic carbocycles. The molecule has 0 saturated heterocycles. The molecule has 26 heavy (non-hydrogen) atoms. The maximum absolute atomic E-state index is 12.4. The number of rotatable bonds is 12. The van der Waals surface area contributed by atoms with Crippen molar-refractivity contribution in [3.05, 3.63) is 60.7 Å². The van der Waals surface area contributed by atoms with Gasteiger partial charge in [0.15, 0.2) is 5.78 Å². The molecule has 0 N–H and O–H groups in total. The van der Waals surface area contributed by atoms with Crippen LogP contribution in [0.5, 0.6) is 0 Å². The Hall–Kier alpha value is -2.42. The van der Waals surface area contributed by atoms with Gasteiger partial charge in [-0.15, -0.1) is 6.58 Å². The Labute approximate surface area is 156 Å². The number of allylic oxidation sites excluding steroid dienone is 1. The predicted molar refractivity (Wildman–Crippen MR) is 106 cm³/mol. The van der Waals surface area contributed by atoms with Crippen LogP contribution in [0, 0.1) is 0 Å². The Morgan fingerprint density at radius 2 is 1.58 bits per heavy atom. The molecule has 2 rings (SSSR count). The zero-order chi connectivity index (χ0) is 18.6. The minimum atomic E-state index is -0.436. The van der Waals surface area contributed by atoms with E-state index in [0.717, 1.165) is 36.5 Å². The second-order valence-electron chi connectivity index (χ2n) is 6.55. The lowest BCUT2D eigenvalue weighted by atomic mass is 10.00. The molecular weight excluding hydrogens is 324 g/mol. The summed E-state index contributed by atoms with van der Waals surface area (Å²) < 4.78 is 5.22. The van der Waals surface area contributed by atoms with Gasteiger partial charge in [-0.2, -0.15) is 0 Å². The summed E-state index contributed by atoms with van der Waals surface area (Å²) >= 11 is 0. The van der Waals surface area contributed by atoms with Gasteiger partial charge in [0.1, 0.15) is 6.42 Å². The van der Waals surface area contributed by atoms with E-state index in [1.54, 1.807) is 6.07 Å². The fraction of sp³-hybridized carbons (Fsp3) is 0.391. The van der Waals surface area contributed by atoms with Crippen molar-refractivity contribution in [3.8, 4) is 0 Å². The summed E-state index contributed by atoms with van der Waals surface area (Å²) in [4.78, 5) is 24.3. The summed E-state index contributed by atoms with van der Waals surface area (Å²) in [5.41, 5.74) is 0.583. The van der Waals surface area contributed by atoms with Gasteiger partial charge in [0.25, 0.3) is 0 Å². The molecule has 138 valence electrons.